The maximum absolute atomic E-state index is 9.85. The molecule has 0 heterocycles. The minimum Gasteiger partial charge on any atom is -0.391 e. The van der Waals surface area contributed by atoms with E-state index in [4.69, 9.17) is 0 Å². The van der Waals surface area contributed by atoms with E-state index in [1.165, 1.54) is 4.90 Å². The first-order valence-corrected chi connectivity index (χ1v) is 7.46. The molecule has 2 N–H and O–H groups in total. The van der Waals surface area contributed by atoms with Gasteiger partial charge in [-0.05, 0) is 39.0 Å². The SMILES string of the molecule is CC(C)(C)NCC(O)CSc1cccc(Br)c1. The Morgan fingerprint density at radius 3 is 2.71 bits per heavy atom. The third-order valence-corrected chi connectivity index (χ3v) is 3.74. The number of nitrogens with one attached hydrogen (secondary N) is 1. The van der Waals surface area contributed by atoms with E-state index in [9.17, 15) is 5.11 Å². The summed E-state index contributed by atoms with van der Waals surface area (Å²) in [6.07, 6.45) is -0.321. The summed E-state index contributed by atoms with van der Waals surface area (Å²) in [6.45, 7) is 6.92. The number of β-amino-alcohol motifs (C(OH)–C–C–N with tert-alkyl or cyclic N) is 1. The van der Waals surface area contributed by atoms with Crippen molar-refractivity contribution in [2.24, 2.45) is 0 Å². The molecule has 17 heavy (non-hydrogen) atoms. The van der Waals surface area contributed by atoms with Gasteiger partial charge in [0.25, 0.3) is 0 Å². The summed E-state index contributed by atoms with van der Waals surface area (Å²) in [4.78, 5) is 1.18. The first kappa shape index (κ1) is 15.0. The largest absolute Gasteiger partial charge is 0.391 e. The van der Waals surface area contributed by atoms with Gasteiger partial charge in [-0.3, -0.25) is 0 Å². The minimum atomic E-state index is -0.321. The van der Waals surface area contributed by atoms with E-state index in [2.05, 4.69) is 54.2 Å². The number of aliphatic hydroxyl groups excluding tert-OH is 1. The first-order valence-electron chi connectivity index (χ1n) is 5.68. The van der Waals surface area contributed by atoms with Gasteiger partial charge in [0.1, 0.15) is 0 Å². The van der Waals surface area contributed by atoms with Crippen LogP contribution in [0.3, 0.4) is 0 Å². The van der Waals surface area contributed by atoms with Crippen molar-refractivity contribution in [3.63, 3.8) is 0 Å². The Bertz CT molecular complexity index is 352. The van der Waals surface area contributed by atoms with Crippen LogP contribution in [0.5, 0.6) is 0 Å². The van der Waals surface area contributed by atoms with Crippen molar-refractivity contribution in [1.29, 1.82) is 0 Å². The summed E-state index contributed by atoms with van der Waals surface area (Å²) in [5.74, 6) is 0.708. The van der Waals surface area contributed by atoms with Crippen LogP contribution in [0.4, 0.5) is 0 Å². The van der Waals surface area contributed by atoms with Gasteiger partial charge in [-0.15, -0.1) is 11.8 Å². The van der Waals surface area contributed by atoms with E-state index in [0.29, 0.717) is 12.3 Å². The maximum Gasteiger partial charge on any atom is 0.0758 e. The molecule has 4 heteroatoms. The van der Waals surface area contributed by atoms with Crippen LogP contribution in [0.2, 0.25) is 0 Å². The summed E-state index contributed by atoms with van der Waals surface area (Å²) in [6, 6.07) is 8.13. The Balaban J connectivity index is 2.31. The summed E-state index contributed by atoms with van der Waals surface area (Å²) in [5.41, 5.74) is 0.0570. The van der Waals surface area contributed by atoms with Crippen molar-refractivity contribution in [2.45, 2.75) is 37.3 Å². The summed E-state index contributed by atoms with van der Waals surface area (Å²) in [5, 5.41) is 13.1. The van der Waals surface area contributed by atoms with Crippen LogP contribution in [0.25, 0.3) is 0 Å². The van der Waals surface area contributed by atoms with Crippen LogP contribution in [0.1, 0.15) is 20.8 Å². The van der Waals surface area contributed by atoms with Gasteiger partial charge in [-0.2, -0.15) is 0 Å². The van der Waals surface area contributed by atoms with Gasteiger partial charge in [0, 0.05) is 27.2 Å². The molecule has 0 spiro atoms. The van der Waals surface area contributed by atoms with Gasteiger partial charge >= 0.3 is 0 Å². The zero-order valence-corrected chi connectivity index (χ0v) is 12.9. The van der Waals surface area contributed by atoms with Crippen molar-refractivity contribution in [3.8, 4) is 0 Å². The zero-order chi connectivity index (χ0) is 12.9. The van der Waals surface area contributed by atoms with Crippen LogP contribution < -0.4 is 5.32 Å². The monoisotopic (exact) mass is 317 g/mol. The van der Waals surface area contributed by atoms with Gasteiger partial charge < -0.3 is 10.4 Å². The van der Waals surface area contributed by atoms with E-state index >= 15 is 0 Å². The van der Waals surface area contributed by atoms with Crippen molar-refractivity contribution in [1.82, 2.24) is 5.32 Å². The highest BCUT2D eigenvalue weighted by Crippen LogP contribution is 2.22. The molecule has 0 aromatic heterocycles. The Morgan fingerprint density at radius 2 is 2.12 bits per heavy atom. The van der Waals surface area contributed by atoms with Gasteiger partial charge in [0.15, 0.2) is 0 Å². The number of aliphatic hydroxyl groups is 1. The summed E-state index contributed by atoms with van der Waals surface area (Å²) in [7, 11) is 0. The second kappa shape index (κ2) is 6.78. The Kier molecular flexibility index (Phi) is 6.00. The Labute approximate surface area is 116 Å². The second-order valence-corrected chi connectivity index (χ2v) is 7.06. The molecule has 0 amide bonds. The topological polar surface area (TPSA) is 32.3 Å². The molecule has 0 fully saturated rings. The zero-order valence-electron chi connectivity index (χ0n) is 10.5. The first-order chi connectivity index (χ1) is 7.87. The van der Waals surface area contributed by atoms with Gasteiger partial charge in [0.2, 0.25) is 0 Å². The van der Waals surface area contributed by atoms with E-state index in [1.807, 2.05) is 12.1 Å². The van der Waals surface area contributed by atoms with E-state index < -0.39 is 0 Å². The average molecular weight is 318 g/mol. The number of thioether (sulfide) groups is 1. The van der Waals surface area contributed by atoms with Crippen LogP contribution in [-0.4, -0.2) is 29.0 Å². The predicted molar refractivity (Wildman–Crippen MR) is 78.6 cm³/mol. The molecule has 1 atom stereocenters. The molecular formula is C13H20BrNOS. The number of halogens is 1. The number of hydrogen-bond acceptors (Lipinski definition) is 3. The molecule has 1 unspecified atom stereocenters. The maximum atomic E-state index is 9.85. The lowest BCUT2D eigenvalue weighted by molar-refractivity contribution is 0.183. The molecule has 1 aromatic rings. The average Bonchev–Trinajstić information content (AvgIpc) is 2.23. The lowest BCUT2D eigenvalue weighted by Gasteiger charge is -2.22. The van der Waals surface area contributed by atoms with Crippen molar-refractivity contribution >= 4 is 27.7 Å². The number of rotatable bonds is 5. The van der Waals surface area contributed by atoms with Crippen LogP contribution in [0.15, 0.2) is 33.6 Å². The summed E-state index contributed by atoms with van der Waals surface area (Å²) >= 11 is 5.11. The molecule has 96 valence electrons. The van der Waals surface area contributed by atoms with Gasteiger partial charge in [0.05, 0.1) is 6.10 Å². The lowest BCUT2D eigenvalue weighted by atomic mass is 10.1. The molecule has 0 saturated heterocycles. The molecule has 0 aliphatic rings. The van der Waals surface area contributed by atoms with Gasteiger partial charge in [-0.1, -0.05) is 22.0 Å². The quantitative estimate of drug-likeness (QED) is 0.817. The minimum absolute atomic E-state index is 0.0570. The molecule has 0 aliphatic heterocycles. The third-order valence-electron chi connectivity index (χ3n) is 2.11. The molecule has 1 aromatic carbocycles. The Hall–Kier alpha value is -0.0300. The third kappa shape index (κ3) is 7.09. The van der Waals surface area contributed by atoms with Crippen LogP contribution in [0, 0.1) is 0 Å². The standard InChI is InChI=1S/C13H20BrNOS/c1-13(2,3)15-8-11(16)9-17-12-6-4-5-10(14)7-12/h4-7,11,15-16H,8-9H2,1-3H3. The number of hydrogen-bond donors (Lipinski definition) is 2. The normalized spacial score (nSPS) is 13.7. The van der Waals surface area contributed by atoms with Crippen LogP contribution in [-0.2, 0) is 0 Å². The predicted octanol–water partition coefficient (Wildman–Crippen LogP) is 3.29. The van der Waals surface area contributed by atoms with Crippen LogP contribution >= 0.6 is 27.7 Å². The van der Waals surface area contributed by atoms with Gasteiger partial charge in [-0.25, -0.2) is 0 Å². The van der Waals surface area contributed by atoms with E-state index in [1.54, 1.807) is 11.8 Å². The molecule has 0 saturated carbocycles. The van der Waals surface area contributed by atoms with Crippen molar-refractivity contribution < 1.29 is 5.11 Å². The Morgan fingerprint density at radius 1 is 1.41 bits per heavy atom. The molecule has 1 rings (SSSR count). The molecule has 0 radical (unpaired) electrons. The van der Waals surface area contributed by atoms with Crippen molar-refractivity contribution in [3.05, 3.63) is 28.7 Å². The second-order valence-electron chi connectivity index (χ2n) is 5.05. The molecular weight excluding hydrogens is 298 g/mol. The fourth-order valence-corrected chi connectivity index (χ4v) is 2.67. The van der Waals surface area contributed by atoms with E-state index in [-0.39, 0.29) is 11.6 Å². The molecule has 0 bridgehead atoms. The molecule has 0 aliphatic carbocycles. The van der Waals surface area contributed by atoms with Crippen molar-refractivity contribution in [2.75, 3.05) is 12.3 Å². The fraction of sp³-hybridized carbons (Fsp3) is 0.538. The smallest absolute Gasteiger partial charge is 0.0758 e. The van der Waals surface area contributed by atoms with E-state index in [0.717, 1.165) is 4.47 Å². The lowest BCUT2D eigenvalue weighted by Crippen LogP contribution is -2.41. The number of benzene rings is 1. The fourth-order valence-electron chi connectivity index (χ4n) is 1.23. The highest BCUT2D eigenvalue weighted by atomic mass is 79.9. The molecule has 2 nitrogen and oxygen atoms in total. The summed E-state index contributed by atoms with van der Waals surface area (Å²) < 4.78 is 1.07. The highest BCUT2D eigenvalue weighted by Gasteiger charge is 2.12. The highest BCUT2D eigenvalue weighted by molar-refractivity contribution is 9.10.